The monoisotopic (exact) mass is 315 g/mol. The zero-order valence-electron chi connectivity index (χ0n) is 12.3. The second-order valence-corrected chi connectivity index (χ2v) is 5.73. The highest BCUT2D eigenvalue weighted by molar-refractivity contribution is 7.15. The Hall–Kier alpha value is -2.34. The van der Waals surface area contributed by atoms with Crippen LogP contribution < -0.4 is 10.1 Å². The third kappa shape index (κ3) is 3.46. The molecule has 6 heteroatoms. The van der Waals surface area contributed by atoms with Gasteiger partial charge in [-0.2, -0.15) is 0 Å². The maximum Gasteiger partial charge on any atom is 0.224 e. The summed E-state index contributed by atoms with van der Waals surface area (Å²) in [4.78, 5) is 17.4. The number of nitrogens with zero attached hydrogens (tertiary/aromatic N) is 2. The van der Waals surface area contributed by atoms with Crippen molar-refractivity contribution in [1.29, 1.82) is 0 Å². The minimum Gasteiger partial charge on any atom is -0.494 e. The zero-order valence-corrected chi connectivity index (χ0v) is 13.1. The van der Waals surface area contributed by atoms with Gasteiger partial charge in [0, 0.05) is 17.8 Å². The largest absolute Gasteiger partial charge is 0.494 e. The molecule has 114 valence electrons. The highest BCUT2D eigenvalue weighted by Crippen LogP contribution is 2.13. The number of amides is 1. The maximum atomic E-state index is 12.0. The lowest BCUT2D eigenvalue weighted by molar-refractivity contribution is -0.120. The summed E-state index contributed by atoms with van der Waals surface area (Å²) in [5.74, 6) is 0.810. The van der Waals surface area contributed by atoms with Crippen LogP contribution in [-0.2, 0) is 17.8 Å². The number of carbonyl (C=O) groups excluding carboxylic acids is 1. The molecule has 0 saturated heterocycles. The molecule has 22 heavy (non-hydrogen) atoms. The molecular weight excluding hydrogens is 298 g/mol. The van der Waals surface area contributed by atoms with Crippen molar-refractivity contribution in [2.24, 2.45) is 0 Å². The zero-order chi connectivity index (χ0) is 15.4. The van der Waals surface area contributed by atoms with Gasteiger partial charge in [-0.25, -0.2) is 4.98 Å². The number of imidazole rings is 1. The topological polar surface area (TPSA) is 55.6 Å². The highest BCUT2D eigenvalue weighted by atomic mass is 32.1. The molecule has 0 unspecified atom stereocenters. The van der Waals surface area contributed by atoms with Crippen LogP contribution in [0.25, 0.3) is 4.96 Å². The molecule has 1 N–H and O–H groups in total. The van der Waals surface area contributed by atoms with E-state index in [-0.39, 0.29) is 5.91 Å². The number of hydrogen-bond acceptors (Lipinski definition) is 4. The van der Waals surface area contributed by atoms with Gasteiger partial charge in [0.2, 0.25) is 5.91 Å². The van der Waals surface area contributed by atoms with Crippen LogP contribution in [0, 0.1) is 0 Å². The average Bonchev–Trinajstić information content (AvgIpc) is 3.08. The number of thiazole rings is 1. The molecule has 3 rings (SSSR count). The van der Waals surface area contributed by atoms with Gasteiger partial charge in [-0.3, -0.25) is 9.20 Å². The number of carbonyl (C=O) groups is 1. The van der Waals surface area contributed by atoms with Crippen molar-refractivity contribution in [2.45, 2.75) is 19.9 Å². The minimum atomic E-state index is -0.0134. The molecule has 0 aliphatic rings. The van der Waals surface area contributed by atoms with Crippen LogP contribution in [0.1, 0.15) is 18.2 Å². The summed E-state index contributed by atoms with van der Waals surface area (Å²) in [6, 6.07) is 7.60. The average molecular weight is 315 g/mol. The highest BCUT2D eigenvalue weighted by Gasteiger charge is 2.06. The minimum absolute atomic E-state index is 0.0134. The summed E-state index contributed by atoms with van der Waals surface area (Å²) in [7, 11) is 0. The summed E-state index contributed by atoms with van der Waals surface area (Å²) in [6.45, 7) is 3.04. The van der Waals surface area contributed by atoms with Crippen molar-refractivity contribution < 1.29 is 9.53 Å². The van der Waals surface area contributed by atoms with Gasteiger partial charge >= 0.3 is 0 Å². The van der Waals surface area contributed by atoms with E-state index in [0.717, 1.165) is 22.0 Å². The normalized spacial score (nSPS) is 10.8. The first-order valence-electron chi connectivity index (χ1n) is 7.14. The molecule has 2 heterocycles. The SMILES string of the molecule is CCOc1ccc(CC(=O)NCc2cn3ccsc3n2)cc1. The van der Waals surface area contributed by atoms with E-state index in [1.807, 2.05) is 53.4 Å². The van der Waals surface area contributed by atoms with E-state index < -0.39 is 0 Å². The summed E-state index contributed by atoms with van der Waals surface area (Å²) < 4.78 is 7.34. The number of nitrogens with one attached hydrogen (secondary N) is 1. The van der Waals surface area contributed by atoms with Crippen molar-refractivity contribution in [3.05, 3.63) is 53.3 Å². The van der Waals surface area contributed by atoms with Gasteiger partial charge < -0.3 is 10.1 Å². The molecule has 0 bridgehead atoms. The molecule has 0 spiro atoms. The van der Waals surface area contributed by atoms with Gasteiger partial charge in [-0.15, -0.1) is 11.3 Å². The first-order chi connectivity index (χ1) is 10.7. The third-order valence-corrected chi connectivity index (χ3v) is 3.98. The molecule has 0 aliphatic carbocycles. The Labute approximate surface area is 132 Å². The summed E-state index contributed by atoms with van der Waals surface area (Å²) in [5, 5.41) is 4.88. The number of hydrogen-bond donors (Lipinski definition) is 1. The van der Waals surface area contributed by atoms with Crippen LogP contribution in [0.4, 0.5) is 0 Å². The third-order valence-electron chi connectivity index (χ3n) is 3.21. The number of ether oxygens (including phenoxy) is 1. The molecule has 1 amide bonds. The second-order valence-electron chi connectivity index (χ2n) is 4.86. The maximum absolute atomic E-state index is 12.0. The smallest absolute Gasteiger partial charge is 0.224 e. The van der Waals surface area contributed by atoms with Crippen LogP contribution >= 0.6 is 11.3 Å². The van der Waals surface area contributed by atoms with E-state index in [0.29, 0.717) is 19.6 Å². The molecular formula is C16H17N3O2S. The molecule has 0 atom stereocenters. The van der Waals surface area contributed by atoms with E-state index in [1.54, 1.807) is 11.3 Å². The fourth-order valence-electron chi connectivity index (χ4n) is 2.17. The first kappa shape index (κ1) is 14.6. The Kier molecular flexibility index (Phi) is 4.39. The van der Waals surface area contributed by atoms with Crippen LogP contribution in [0.15, 0.2) is 42.0 Å². The molecule has 2 aromatic heterocycles. The van der Waals surface area contributed by atoms with Crippen molar-refractivity contribution in [3.63, 3.8) is 0 Å². The Bertz CT molecular complexity index is 733. The molecule has 1 aromatic carbocycles. The Morgan fingerprint density at radius 3 is 2.91 bits per heavy atom. The molecule has 0 fully saturated rings. The van der Waals surface area contributed by atoms with Gasteiger partial charge in [-0.1, -0.05) is 12.1 Å². The summed E-state index contributed by atoms with van der Waals surface area (Å²) in [6.07, 6.45) is 4.25. The van der Waals surface area contributed by atoms with Crippen LogP contribution in [0.3, 0.4) is 0 Å². The molecule has 0 saturated carbocycles. The Balaban J connectivity index is 1.52. The van der Waals surface area contributed by atoms with Crippen molar-refractivity contribution in [2.75, 3.05) is 6.61 Å². The van der Waals surface area contributed by atoms with Crippen LogP contribution in [0.5, 0.6) is 5.75 Å². The lowest BCUT2D eigenvalue weighted by Crippen LogP contribution is -2.24. The van der Waals surface area contributed by atoms with E-state index in [2.05, 4.69) is 10.3 Å². The molecule has 0 radical (unpaired) electrons. The van der Waals surface area contributed by atoms with Gasteiger partial charge in [0.1, 0.15) is 5.75 Å². The van der Waals surface area contributed by atoms with E-state index in [4.69, 9.17) is 4.74 Å². The van der Waals surface area contributed by atoms with Gasteiger partial charge in [0.25, 0.3) is 0 Å². The van der Waals surface area contributed by atoms with Crippen LogP contribution in [-0.4, -0.2) is 21.9 Å². The van der Waals surface area contributed by atoms with E-state index in [1.165, 1.54) is 0 Å². The number of aromatic nitrogens is 2. The summed E-state index contributed by atoms with van der Waals surface area (Å²) >= 11 is 1.58. The van der Waals surface area contributed by atoms with E-state index >= 15 is 0 Å². The standard InChI is InChI=1S/C16H17N3O2S/c1-2-21-14-5-3-12(4-6-14)9-15(20)17-10-13-11-19-7-8-22-16(19)18-13/h3-8,11H,2,9-10H2,1H3,(H,17,20). The Morgan fingerprint density at radius 1 is 1.36 bits per heavy atom. The van der Waals surface area contributed by atoms with Crippen molar-refractivity contribution in [3.8, 4) is 5.75 Å². The predicted molar refractivity (Wildman–Crippen MR) is 86.2 cm³/mol. The van der Waals surface area contributed by atoms with Gasteiger partial charge in [-0.05, 0) is 24.6 Å². The number of fused-ring (bicyclic) bond motifs is 1. The predicted octanol–water partition coefficient (Wildman–Crippen LogP) is 2.65. The van der Waals surface area contributed by atoms with Gasteiger partial charge in [0.05, 0.1) is 25.3 Å². The molecule has 3 aromatic rings. The lowest BCUT2D eigenvalue weighted by Gasteiger charge is -2.05. The van der Waals surface area contributed by atoms with Crippen LogP contribution in [0.2, 0.25) is 0 Å². The fourth-order valence-corrected chi connectivity index (χ4v) is 2.89. The number of rotatable bonds is 6. The lowest BCUT2D eigenvalue weighted by atomic mass is 10.1. The quantitative estimate of drug-likeness (QED) is 0.761. The number of benzene rings is 1. The first-order valence-corrected chi connectivity index (χ1v) is 8.02. The fraction of sp³-hybridized carbons (Fsp3) is 0.250. The van der Waals surface area contributed by atoms with Crippen molar-refractivity contribution in [1.82, 2.24) is 14.7 Å². The van der Waals surface area contributed by atoms with E-state index in [9.17, 15) is 4.79 Å². The Morgan fingerprint density at radius 2 is 2.18 bits per heavy atom. The second kappa shape index (κ2) is 6.62. The van der Waals surface area contributed by atoms with Crippen molar-refractivity contribution >= 4 is 22.2 Å². The summed E-state index contributed by atoms with van der Waals surface area (Å²) in [5.41, 5.74) is 1.83. The van der Waals surface area contributed by atoms with Gasteiger partial charge in [0.15, 0.2) is 4.96 Å². The molecule has 0 aliphatic heterocycles. The molecule has 5 nitrogen and oxygen atoms in total.